The van der Waals surface area contributed by atoms with Crippen LogP contribution in [0.1, 0.15) is 16.2 Å². The molecular weight excluding hydrogens is 244 g/mol. The zero-order valence-electron chi connectivity index (χ0n) is 11.0. The minimum Gasteiger partial charge on any atom is -0.431 e. The molecule has 1 N–H and O–H groups in total. The van der Waals surface area contributed by atoms with E-state index in [1.807, 2.05) is 30.3 Å². The normalized spacial score (nSPS) is 10.4. The number of nitrogens with zero attached hydrogens (tertiary/aromatic N) is 1. The average molecular weight is 260 g/mol. The smallest absolute Gasteiger partial charge is 0.289 e. The Balaban J connectivity index is 2.15. The largest absolute Gasteiger partial charge is 0.431 e. The summed E-state index contributed by atoms with van der Waals surface area (Å²) in [6.45, 7) is 2.65. The summed E-state index contributed by atoms with van der Waals surface area (Å²) in [6.07, 6.45) is 0. The third-order valence-corrected chi connectivity index (χ3v) is 2.62. The third-order valence-electron chi connectivity index (χ3n) is 2.62. The molecule has 0 unspecified atom stereocenters. The topological polar surface area (TPSA) is 64.4 Å². The summed E-state index contributed by atoms with van der Waals surface area (Å²) in [5.74, 6) is 0.425. The number of hydrogen-bond donors (Lipinski definition) is 1. The molecule has 1 heterocycles. The highest BCUT2D eigenvalue weighted by Gasteiger charge is 2.17. The van der Waals surface area contributed by atoms with Crippen molar-refractivity contribution in [3.8, 4) is 11.5 Å². The molecule has 1 aromatic carbocycles. The summed E-state index contributed by atoms with van der Waals surface area (Å²) >= 11 is 0. The number of nitrogens with one attached hydrogen (secondary N) is 1. The summed E-state index contributed by atoms with van der Waals surface area (Å²) in [7, 11) is 1.58. The van der Waals surface area contributed by atoms with E-state index in [4.69, 9.17) is 9.15 Å². The SMILES string of the molecule is COCCNC(=O)c1oc(-c2ccccc2)nc1C. The molecule has 0 aliphatic rings. The van der Waals surface area contributed by atoms with Crippen LogP contribution in [-0.4, -0.2) is 31.2 Å². The lowest BCUT2D eigenvalue weighted by atomic mass is 10.2. The number of aryl methyl sites for hydroxylation is 1. The lowest BCUT2D eigenvalue weighted by Crippen LogP contribution is -2.27. The van der Waals surface area contributed by atoms with Crippen molar-refractivity contribution in [1.29, 1.82) is 0 Å². The van der Waals surface area contributed by atoms with Gasteiger partial charge in [0.25, 0.3) is 5.91 Å². The maximum Gasteiger partial charge on any atom is 0.289 e. The van der Waals surface area contributed by atoms with Crippen molar-refractivity contribution < 1.29 is 13.9 Å². The number of carbonyl (C=O) groups excluding carboxylic acids is 1. The Hall–Kier alpha value is -2.14. The Morgan fingerprint density at radius 2 is 2.11 bits per heavy atom. The van der Waals surface area contributed by atoms with E-state index < -0.39 is 0 Å². The van der Waals surface area contributed by atoms with E-state index in [2.05, 4.69) is 10.3 Å². The van der Waals surface area contributed by atoms with Gasteiger partial charge < -0.3 is 14.5 Å². The monoisotopic (exact) mass is 260 g/mol. The van der Waals surface area contributed by atoms with E-state index in [-0.39, 0.29) is 11.7 Å². The third kappa shape index (κ3) is 3.20. The van der Waals surface area contributed by atoms with Gasteiger partial charge in [0.15, 0.2) is 0 Å². The van der Waals surface area contributed by atoms with Crippen LogP contribution >= 0.6 is 0 Å². The number of ether oxygens (including phenoxy) is 1. The van der Waals surface area contributed by atoms with Crippen LogP contribution in [0.4, 0.5) is 0 Å². The summed E-state index contributed by atoms with van der Waals surface area (Å²) in [4.78, 5) is 16.2. The highest BCUT2D eigenvalue weighted by atomic mass is 16.5. The fraction of sp³-hybridized carbons (Fsp3) is 0.286. The number of aromatic nitrogens is 1. The first kappa shape index (κ1) is 13.3. The number of rotatable bonds is 5. The molecule has 0 atom stereocenters. The quantitative estimate of drug-likeness (QED) is 0.835. The maximum atomic E-state index is 11.9. The van der Waals surface area contributed by atoms with Crippen LogP contribution in [0.5, 0.6) is 0 Å². The molecule has 0 radical (unpaired) electrons. The van der Waals surface area contributed by atoms with Crippen LogP contribution < -0.4 is 5.32 Å². The molecule has 1 aromatic heterocycles. The second-order valence-electron chi connectivity index (χ2n) is 4.05. The first-order chi connectivity index (χ1) is 9.22. The van der Waals surface area contributed by atoms with Crippen molar-refractivity contribution >= 4 is 5.91 Å². The Kier molecular flexibility index (Phi) is 4.30. The van der Waals surface area contributed by atoms with Gasteiger partial charge in [0.2, 0.25) is 11.7 Å². The van der Waals surface area contributed by atoms with Gasteiger partial charge >= 0.3 is 0 Å². The molecule has 2 rings (SSSR count). The summed E-state index contributed by atoms with van der Waals surface area (Å²) in [6, 6.07) is 9.48. The van der Waals surface area contributed by atoms with E-state index in [1.165, 1.54) is 0 Å². The van der Waals surface area contributed by atoms with E-state index in [1.54, 1.807) is 14.0 Å². The highest BCUT2D eigenvalue weighted by molar-refractivity contribution is 5.92. The van der Waals surface area contributed by atoms with Crippen molar-refractivity contribution in [2.45, 2.75) is 6.92 Å². The fourth-order valence-corrected chi connectivity index (χ4v) is 1.66. The van der Waals surface area contributed by atoms with Crippen molar-refractivity contribution in [2.24, 2.45) is 0 Å². The summed E-state index contributed by atoms with van der Waals surface area (Å²) in [5, 5.41) is 2.71. The Bertz CT molecular complexity index is 549. The molecule has 19 heavy (non-hydrogen) atoms. The van der Waals surface area contributed by atoms with Crippen LogP contribution in [0, 0.1) is 6.92 Å². The molecule has 5 nitrogen and oxygen atoms in total. The van der Waals surface area contributed by atoms with Crippen molar-refractivity contribution in [3.63, 3.8) is 0 Å². The van der Waals surface area contributed by atoms with Gasteiger partial charge in [-0.15, -0.1) is 0 Å². The zero-order valence-corrected chi connectivity index (χ0v) is 11.0. The number of carbonyl (C=O) groups is 1. The Morgan fingerprint density at radius 3 is 2.79 bits per heavy atom. The van der Waals surface area contributed by atoms with Gasteiger partial charge in [0.1, 0.15) is 0 Å². The van der Waals surface area contributed by atoms with E-state index in [0.29, 0.717) is 24.7 Å². The Morgan fingerprint density at radius 1 is 1.37 bits per heavy atom. The second-order valence-corrected chi connectivity index (χ2v) is 4.05. The van der Waals surface area contributed by atoms with Crippen LogP contribution in [0.2, 0.25) is 0 Å². The van der Waals surface area contributed by atoms with E-state index in [9.17, 15) is 4.79 Å². The van der Waals surface area contributed by atoms with Gasteiger partial charge in [0, 0.05) is 19.2 Å². The lowest BCUT2D eigenvalue weighted by Gasteiger charge is -2.01. The van der Waals surface area contributed by atoms with Crippen LogP contribution in [-0.2, 0) is 4.74 Å². The number of amides is 1. The van der Waals surface area contributed by atoms with E-state index in [0.717, 1.165) is 5.56 Å². The molecular formula is C14H16N2O3. The molecule has 5 heteroatoms. The molecule has 1 amide bonds. The van der Waals surface area contributed by atoms with Crippen molar-refractivity contribution in [3.05, 3.63) is 41.8 Å². The molecule has 0 saturated heterocycles. The highest BCUT2D eigenvalue weighted by Crippen LogP contribution is 2.21. The molecule has 0 bridgehead atoms. The molecule has 0 spiro atoms. The van der Waals surface area contributed by atoms with Crippen LogP contribution in [0.3, 0.4) is 0 Å². The lowest BCUT2D eigenvalue weighted by molar-refractivity contribution is 0.0909. The minimum atomic E-state index is -0.274. The number of hydrogen-bond acceptors (Lipinski definition) is 4. The zero-order chi connectivity index (χ0) is 13.7. The van der Waals surface area contributed by atoms with Gasteiger partial charge in [-0.25, -0.2) is 4.98 Å². The molecule has 0 saturated carbocycles. The fourth-order valence-electron chi connectivity index (χ4n) is 1.66. The second kappa shape index (κ2) is 6.15. The number of oxazole rings is 1. The first-order valence-electron chi connectivity index (χ1n) is 6.02. The predicted octanol–water partition coefficient (Wildman–Crippen LogP) is 2.03. The summed E-state index contributed by atoms with van der Waals surface area (Å²) in [5.41, 5.74) is 1.43. The molecule has 0 fully saturated rings. The molecule has 100 valence electrons. The first-order valence-corrected chi connectivity index (χ1v) is 6.02. The number of benzene rings is 1. The summed E-state index contributed by atoms with van der Waals surface area (Å²) < 4.78 is 10.4. The number of methoxy groups -OCH3 is 1. The Labute approximate surface area is 111 Å². The van der Waals surface area contributed by atoms with Gasteiger partial charge in [0.05, 0.1) is 12.3 Å². The molecule has 0 aliphatic heterocycles. The van der Waals surface area contributed by atoms with Gasteiger partial charge in [-0.05, 0) is 19.1 Å². The minimum absolute atomic E-state index is 0.245. The maximum absolute atomic E-state index is 11.9. The van der Waals surface area contributed by atoms with Crippen LogP contribution in [0.15, 0.2) is 34.7 Å². The van der Waals surface area contributed by atoms with Crippen molar-refractivity contribution in [1.82, 2.24) is 10.3 Å². The van der Waals surface area contributed by atoms with Crippen LogP contribution in [0.25, 0.3) is 11.5 Å². The molecule has 2 aromatic rings. The van der Waals surface area contributed by atoms with E-state index >= 15 is 0 Å². The van der Waals surface area contributed by atoms with Gasteiger partial charge in [-0.1, -0.05) is 18.2 Å². The van der Waals surface area contributed by atoms with Gasteiger partial charge in [-0.3, -0.25) is 4.79 Å². The standard InChI is InChI=1S/C14H16N2O3/c1-10-12(13(17)15-8-9-18-2)19-14(16-10)11-6-4-3-5-7-11/h3-7H,8-9H2,1-2H3,(H,15,17). The van der Waals surface area contributed by atoms with Gasteiger partial charge in [-0.2, -0.15) is 0 Å². The molecule has 0 aliphatic carbocycles. The van der Waals surface area contributed by atoms with Crippen molar-refractivity contribution in [2.75, 3.05) is 20.3 Å². The average Bonchev–Trinajstić information content (AvgIpc) is 2.82. The predicted molar refractivity (Wildman–Crippen MR) is 70.9 cm³/mol.